The highest BCUT2D eigenvalue weighted by atomic mass is 35.5. The number of aromatic amines is 1. The Balaban J connectivity index is 1.92. The van der Waals surface area contributed by atoms with Crippen LogP contribution in [-0.2, 0) is 11.3 Å². The van der Waals surface area contributed by atoms with Crippen molar-refractivity contribution in [1.29, 1.82) is 0 Å². The molecule has 0 saturated carbocycles. The van der Waals surface area contributed by atoms with Crippen LogP contribution in [0.2, 0.25) is 5.02 Å². The van der Waals surface area contributed by atoms with Crippen molar-refractivity contribution in [3.63, 3.8) is 0 Å². The first-order valence-electron chi connectivity index (χ1n) is 9.76. The largest absolute Gasteiger partial charge is 0.484 e. The van der Waals surface area contributed by atoms with Crippen LogP contribution in [-0.4, -0.2) is 28.6 Å². The monoisotopic (exact) mass is 442 g/mol. The molecular formula is C22H23ClN4O4. The number of hydrogen-bond acceptors (Lipinski definition) is 5. The molecule has 1 heterocycles. The van der Waals surface area contributed by atoms with E-state index in [1.54, 1.807) is 24.3 Å². The first-order valence-corrected chi connectivity index (χ1v) is 10.1. The Labute approximate surface area is 183 Å². The van der Waals surface area contributed by atoms with Gasteiger partial charge in [0.25, 0.3) is 11.5 Å². The number of carbonyl (C=O) groups excluding carboxylic acids is 1. The van der Waals surface area contributed by atoms with Gasteiger partial charge in [-0.2, -0.15) is 0 Å². The van der Waals surface area contributed by atoms with Crippen molar-refractivity contribution in [3.8, 4) is 5.75 Å². The predicted octanol–water partition coefficient (Wildman–Crippen LogP) is 2.64. The lowest BCUT2D eigenvalue weighted by molar-refractivity contribution is -0.120. The first-order chi connectivity index (χ1) is 14.9. The Bertz CT molecular complexity index is 1170. The summed E-state index contributed by atoms with van der Waals surface area (Å²) in [5, 5.41) is 0.476. The van der Waals surface area contributed by atoms with Crippen LogP contribution >= 0.6 is 11.6 Å². The van der Waals surface area contributed by atoms with Crippen molar-refractivity contribution in [2.24, 2.45) is 0 Å². The molecule has 9 heteroatoms. The minimum absolute atomic E-state index is 0.0722. The summed E-state index contributed by atoms with van der Waals surface area (Å²) in [6.45, 7) is 1.93. The molecule has 31 heavy (non-hydrogen) atoms. The van der Waals surface area contributed by atoms with Gasteiger partial charge in [-0.25, -0.2) is 4.79 Å². The number of nitrogen functional groups attached to an aromatic ring is 1. The number of nitrogens with one attached hydrogen (secondary N) is 1. The van der Waals surface area contributed by atoms with Crippen LogP contribution in [0, 0.1) is 0 Å². The van der Waals surface area contributed by atoms with Gasteiger partial charge in [0.05, 0.1) is 6.54 Å². The summed E-state index contributed by atoms with van der Waals surface area (Å²) < 4.78 is 6.77. The average molecular weight is 443 g/mol. The molecule has 0 aliphatic carbocycles. The number of hydrogen-bond donors (Lipinski definition) is 2. The Morgan fingerprint density at radius 2 is 1.90 bits per heavy atom. The van der Waals surface area contributed by atoms with Gasteiger partial charge in [-0.05, 0) is 30.2 Å². The van der Waals surface area contributed by atoms with Gasteiger partial charge < -0.3 is 15.4 Å². The van der Waals surface area contributed by atoms with E-state index in [4.69, 9.17) is 22.1 Å². The van der Waals surface area contributed by atoms with E-state index >= 15 is 0 Å². The maximum atomic E-state index is 12.9. The van der Waals surface area contributed by atoms with Gasteiger partial charge in [-0.15, -0.1) is 0 Å². The van der Waals surface area contributed by atoms with Crippen LogP contribution in [0.25, 0.3) is 0 Å². The van der Waals surface area contributed by atoms with Gasteiger partial charge in [0.1, 0.15) is 11.6 Å². The molecule has 0 fully saturated rings. The van der Waals surface area contributed by atoms with E-state index in [9.17, 15) is 14.4 Å². The zero-order valence-electron chi connectivity index (χ0n) is 17.0. The van der Waals surface area contributed by atoms with Gasteiger partial charge in [-0.1, -0.05) is 54.9 Å². The second-order valence-corrected chi connectivity index (χ2v) is 7.29. The molecule has 0 aliphatic rings. The molecular weight excluding hydrogens is 420 g/mol. The van der Waals surface area contributed by atoms with E-state index < -0.39 is 17.2 Å². The SMILES string of the molecule is CCCN(C(=O)COc1cccc(Cl)c1)c1c(N)n(Cc2ccccc2)c(=O)[nH]c1=O. The van der Waals surface area contributed by atoms with E-state index in [2.05, 4.69) is 4.98 Å². The molecule has 0 radical (unpaired) electrons. The summed E-state index contributed by atoms with van der Waals surface area (Å²) in [5.41, 5.74) is 5.60. The van der Waals surface area contributed by atoms with Crippen LogP contribution in [0.3, 0.4) is 0 Å². The number of aromatic nitrogens is 2. The first kappa shape index (κ1) is 22.2. The average Bonchev–Trinajstić information content (AvgIpc) is 2.75. The smallest absolute Gasteiger partial charge is 0.330 e. The Hall–Kier alpha value is -3.52. The Kier molecular flexibility index (Phi) is 7.15. The Morgan fingerprint density at radius 3 is 2.58 bits per heavy atom. The molecule has 0 unspecified atom stereocenters. The summed E-state index contributed by atoms with van der Waals surface area (Å²) in [5.74, 6) is -0.126. The molecule has 162 valence electrons. The number of ether oxygens (including phenoxy) is 1. The number of halogens is 1. The van der Waals surface area contributed by atoms with Crippen LogP contribution < -0.4 is 26.6 Å². The van der Waals surface area contributed by atoms with E-state index in [0.29, 0.717) is 17.2 Å². The lowest BCUT2D eigenvalue weighted by atomic mass is 10.2. The summed E-state index contributed by atoms with van der Waals surface area (Å²) >= 11 is 5.94. The van der Waals surface area contributed by atoms with Crippen LogP contribution in [0.5, 0.6) is 5.75 Å². The predicted molar refractivity (Wildman–Crippen MR) is 121 cm³/mol. The topological polar surface area (TPSA) is 110 Å². The number of nitrogens with zero attached hydrogens (tertiary/aromatic N) is 2. The molecule has 0 spiro atoms. The maximum Gasteiger partial charge on any atom is 0.330 e. The normalized spacial score (nSPS) is 10.6. The zero-order chi connectivity index (χ0) is 22.4. The van der Waals surface area contributed by atoms with E-state index in [1.807, 2.05) is 37.3 Å². The molecule has 8 nitrogen and oxygen atoms in total. The fourth-order valence-electron chi connectivity index (χ4n) is 3.13. The number of amides is 1. The highest BCUT2D eigenvalue weighted by molar-refractivity contribution is 6.30. The number of nitrogens with two attached hydrogens (primary N) is 1. The standard InChI is InChI=1S/C22H23ClN4O4/c1-2-11-26(18(28)14-31-17-10-6-9-16(23)12-17)19-20(24)27(22(30)25-21(19)29)13-15-7-4-3-5-8-15/h3-10,12H,2,11,13-14,24H2,1H3,(H,25,29,30). The lowest BCUT2D eigenvalue weighted by Crippen LogP contribution is -2.43. The molecule has 0 saturated heterocycles. The minimum Gasteiger partial charge on any atom is -0.484 e. The van der Waals surface area contributed by atoms with Crippen LogP contribution in [0.15, 0.2) is 64.2 Å². The fraction of sp³-hybridized carbons (Fsp3) is 0.227. The summed E-state index contributed by atoms with van der Waals surface area (Å²) in [6, 6.07) is 15.9. The lowest BCUT2D eigenvalue weighted by Gasteiger charge is -2.24. The van der Waals surface area contributed by atoms with Gasteiger partial charge in [0.2, 0.25) is 0 Å². The Morgan fingerprint density at radius 1 is 1.16 bits per heavy atom. The highest BCUT2D eigenvalue weighted by Crippen LogP contribution is 2.20. The third-order valence-corrected chi connectivity index (χ3v) is 4.81. The van der Waals surface area contributed by atoms with E-state index in [-0.39, 0.29) is 31.2 Å². The molecule has 2 aromatic carbocycles. The molecule has 0 bridgehead atoms. The fourth-order valence-corrected chi connectivity index (χ4v) is 3.31. The summed E-state index contributed by atoms with van der Waals surface area (Å²) in [4.78, 5) is 41.4. The third kappa shape index (κ3) is 5.35. The van der Waals surface area contributed by atoms with Crippen molar-refractivity contribution < 1.29 is 9.53 Å². The maximum absolute atomic E-state index is 12.9. The second-order valence-electron chi connectivity index (χ2n) is 6.86. The van der Waals surface area contributed by atoms with Crippen LogP contribution in [0.1, 0.15) is 18.9 Å². The minimum atomic E-state index is -0.726. The summed E-state index contributed by atoms with van der Waals surface area (Å²) in [7, 11) is 0. The quantitative estimate of drug-likeness (QED) is 0.557. The van der Waals surface area contributed by atoms with Crippen molar-refractivity contribution in [2.75, 3.05) is 23.8 Å². The molecule has 3 N–H and O–H groups in total. The van der Waals surface area contributed by atoms with Gasteiger partial charge >= 0.3 is 5.69 Å². The summed E-state index contributed by atoms with van der Waals surface area (Å²) in [6.07, 6.45) is 0.569. The van der Waals surface area contributed by atoms with E-state index in [0.717, 1.165) is 5.56 Å². The molecule has 0 atom stereocenters. The number of carbonyl (C=O) groups is 1. The number of rotatable bonds is 8. The van der Waals surface area contributed by atoms with Crippen molar-refractivity contribution >= 4 is 29.0 Å². The number of benzene rings is 2. The van der Waals surface area contributed by atoms with E-state index in [1.165, 1.54) is 9.47 Å². The van der Waals surface area contributed by atoms with Crippen LogP contribution in [0.4, 0.5) is 11.5 Å². The number of anilines is 2. The van der Waals surface area contributed by atoms with Gasteiger partial charge in [0.15, 0.2) is 12.3 Å². The molecule has 1 amide bonds. The van der Waals surface area contributed by atoms with Crippen molar-refractivity contribution in [1.82, 2.24) is 9.55 Å². The van der Waals surface area contributed by atoms with Crippen molar-refractivity contribution in [3.05, 3.63) is 86.0 Å². The molecule has 1 aromatic heterocycles. The highest BCUT2D eigenvalue weighted by Gasteiger charge is 2.24. The molecule has 3 aromatic rings. The third-order valence-electron chi connectivity index (χ3n) is 4.57. The van der Waals surface area contributed by atoms with Gasteiger partial charge in [-0.3, -0.25) is 19.1 Å². The number of H-pyrrole nitrogens is 1. The molecule has 0 aliphatic heterocycles. The molecule has 3 rings (SSSR count). The van der Waals surface area contributed by atoms with Crippen molar-refractivity contribution in [2.45, 2.75) is 19.9 Å². The second kappa shape index (κ2) is 9.99. The zero-order valence-corrected chi connectivity index (χ0v) is 17.8. The van der Waals surface area contributed by atoms with Gasteiger partial charge in [0, 0.05) is 11.6 Å².